The third-order valence-corrected chi connectivity index (χ3v) is 9.48. The van der Waals surface area contributed by atoms with E-state index in [1.807, 2.05) is 13.8 Å². The number of ether oxygens (including phenoxy) is 4. The molecule has 0 aromatic carbocycles. The van der Waals surface area contributed by atoms with Gasteiger partial charge in [0.15, 0.2) is 0 Å². The van der Waals surface area contributed by atoms with Crippen LogP contribution in [0.4, 0.5) is 9.59 Å². The van der Waals surface area contributed by atoms with E-state index < -0.39 is 6.09 Å². The molecule has 2 fully saturated rings. The zero-order valence-corrected chi connectivity index (χ0v) is 33.8. The molecule has 0 bridgehead atoms. The van der Waals surface area contributed by atoms with E-state index in [2.05, 4.69) is 10.6 Å². The molecule has 0 saturated carbocycles. The average molecular weight is 797 g/mol. The Kier molecular flexibility index (Phi) is 23.3. The van der Waals surface area contributed by atoms with E-state index in [1.54, 1.807) is 18.7 Å². The van der Waals surface area contributed by atoms with Gasteiger partial charge in [0.05, 0.1) is 26.4 Å². The molecule has 18 heteroatoms. The highest BCUT2D eigenvalue weighted by molar-refractivity contribution is 6.03. The summed E-state index contributed by atoms with van der Waals surface area (Å²) in [5.74, 6) is -1.53. The molecule has 8 amide bonds. The molecule has 2 aliphatic heterocycles. The van der Waals surface area contributed by atoms with E-state index in [-0.39, 0.29) is 145 Å². The van der Waals surface area contributed by atoms with Crippen molar-refractivity contribution < 1.29 is 57.3 Å². The Morgan fingerprint density at radius 2 is 0.982 bits per heavy atom. The number of carbonyl (C=O) groups excluding carboxylic acids is 8. The predicted molar refractivity (Wildman–Crippen MR) is 203 cm³/mol. The minimum absolute atomic E-state index is 0.0311. The summed E-state index contributed by atoms with van der Waals surface area (Å²) in [6.07, 6.45) is 3.73. The zero-order chi connectivity index (χ0) is 41.3. The Balaban J connectivity index is 1.67. The molecule has 0 spiro atoms. The molecule has 0 radical (unpaired) electrons. The van der Waals surface area contributed by atoms with Gasteiger partial charge >= 0.3 is 12.2 Å². The first-order valence-corrected chi connectivity index (χ1v) is 20.1. The summed E-state index contributed by atoms with van der Waals surface area (Å²) in [4.78, 5) is 103. The average Bonchev–Trinajstić information content (AvgIpc) is 3.56. The summed E-state index contributed by atoms with van der Waals surface area (Å²) in [5.41, 5.74) is 0. The maximum atomic E-state index is 12.9. The molecule has 0 aromatic heterocycles. The van der Waals surface area contributed by atoms with Gasteiger partial charge in [0, 0.05) is 89.9 Å². The number of hydrogen-bond acceptors (Lipinski definition) is 12. The fraction of sp³-hybridized carbons (Fsp3) is 0.789. The first-order valence-electron chi connectivity index (χ1n) is 20.1. The van der Waals surface area contributed by atoms with Gasteiger partial charge in [-0.25, -0.2) is 9.59 Å². The number of likely N-dealkylation sites (tertiary alicyclic amines) is 2. The van der Waals surface area contributed by atoms with Crippen molar-refractivity contribution in [2.24, 2.45) is 11.8 Å². The van der Waals surface area contributed by atoms with Gasteiger partial charge in [0.1, 0.15) is 13.2 Å². The second kappa shape index (κ2) is 27.3. The topological polar surface area (TPSA) is 210 Å². The van der Waals surface area contributed by atoms with Crippen LogP contribution >= 0.6 is 0 Å². The normalized spacial score (nSPS) is 16.7. The molecule has 2 N–H and O–H groups in total. The fourth-order valence-electron chi connectivity index (χ4n) is 6.12. The van der Waals surface area contributed by atoms with Crippen molar-refractivity contribution in [2.75, 3.05) is 92.0 Å². The van der Waals surface area contributed by atoms with E-state index in [9.17, 15) is 38.4 Å². The third-order valence-electron chi connectivity index (χ3n) is 9.48. The lowest BCUT2D eigenvalue weighted by Crippen LogP contribution is -2.43. The summed E-state index contributed by atoms with van der Waals surface area (Å²) >= 11 is 0. The van der Waals surface area contributed by atoms with Crippen molar-refractivity contribution in [3.8, 4) is 0 Å². The van der Waals surface area contributed by atoms with Crippen LogP contribution in [0.3, 0.4) is 0 Å². The van der Waals surface area contributed by atoms with Gasteiger partial charge in [-0.3, -0.25) is 38.6 Å². The standard InChI is InChI=1S/C38H64N6O12/c1-5-41(6-2)37(51)55-25-23-53-21-22-54-24-26-56-38(52)42(19-15-39-31(45)13-9-7-11-17-43-33(47)27-29(3)35(43)49)20-16-40-32(46)14-10-8-12-18-44-34(48)28-30(4)36(44)50/h29-30H,5-28H2,1-4H3,(H,39,45)(H,40,46). The summed E-state index contributed by atoms with van der Waals surface area (Å²) in [6.45, 7) is 10.6. The monoisotopic (exact) mass is 796 g/mol. The quantitative estimate of drug-likeness (QED) is 0.0824. The van der Waals surface area contributed by atoms with Gasteiger partial charge in [-0.1, -0.05) is 26.7 Å². The van der Waals surface area contributed by atoms with E-state index in [0.29, 0.717) is 64.7 Å². The summed E-state index contributed by atoms with van der Waals surface area (Å²) in [5, 5.41) is 5.60. The van der Waals surface area contributed by atoms with Crippen molar-refractivity contribution in [2.45, 2.75) is 91.9 Å². The van der Waals surface area contributed by atoms with Crippen LogP contribution in [0, 0.1) is 11.8 Å². The van der Waals surface area contributed by atoms with E-state index in [0.717, 1.165) is 0 Å². The van der Waals surface area contributed by atoms with E-state index in [4.69, 9.17) is 18.9 Å². The van der Waals surface area contributed by atoms with Crippen molar-refractivity contribution in [1.82, 2.24) is 30.2 Å². The number of rotatable bonds is 29. The number of nitrogens with one attached hydrogen (secondary N) is 2. The predicted octanol–water partition coefficient (Wildman–Crippen LogP) is 2.08. The summed E-state index contributed by atoms with van der Waals surface area (Å²) in [7, 11) is 0. The van der Waals surface area contributed by atoms with Crippen LogP contribution in [0.2, 0.25) is 0 Å². The molecular weight excluding hydrogens is 732 g/mol. The van der Waals surface area contributed by atoms with Gasteiger partial charge in [0.2, 0.25) is 35.4 Å². The van der Waals surface area contributed by atoms with Crippen molar-refractivity contribution in [3.63, 3.8) is 0 Å². The maximum Gasteiger partial charge on any atom is 0.409 e. The minimum atomic E-state index is -0.635. The van der Waals surface area contributed by atoms with Gasteiger partial charge < -0.3 is 39.4 Å². The Labute approximate surface area is 330 Å². The second-order valence-corrected chi connectivity index (χ2v) is 13.9. The number of carbonyl (C=O) groups is 8. The molecule has 2 saturated heterocycles. The van der Waals surface area contributed by atoms with Crippen LogP contribution in [-0.2, 0) is 47.7 Å². The number of imide groups is 2. The highest BCUT2D eigenvalue weighted by atomic mass is 16.6. The van der Waals surface area contributed by atoms with Gasteiger partial charge in [-0.2, -0.15) is 0 Å². The van der Waals surface area contributed by atoms with Crippen molar-refractivity contribution >= 4 is 47.6 Å². The first kappa shape index (κ1) is 47.8. The van der Waals surface area contributed by atoms with Crippen LogP contribution < -0.4 is 10.6 Å². The smallest absolute Gasteiger partial charge is 0.409 e. The lowest BCUT2D eigenvalue weighted by molar-refractivity contribution is -0.140. The number of amides is 8. The Hall–Kier alpha value is -4.32. The van der Waals surface area contributed by atoms with Crippen molar-refractivity contribution in [1.29, 1.82) is 0 Å². The Morgan fingerprint density at radius 1 is 0.589 bits per heavy atom. The zero-order valence-electron chi connectivity index (χ0n) is 33.8. The molecule has 2 unspecified atom stereocenters. The molecule has 0 aromatic rings. The lowest BCUT2D eigenvalue weighted by atomic mass is 10.1. The summed E-state index contributed by atoms with van der Waals surface area (Å²) < 4.78 is 21.4. The van der Waals surface area contributed by atoms with E-state index in [1.165, 1.54) is 14.7 Å². The van der Waals surface area contributed by atoms with Crippen molar-refractivity contribution in [3.05, 3.63) is 0 Å². The Morgan fingerprint density at radius 3 is 1.36 bits per heavy atom. The van der Waals surface area contributed by atoms with Crippen LogP contribution in [0.5, 0.6) is 0 Å². The molecule has 18 nitrogen and oxygen atoms in total. The third kappa shape index (κ3) is 18.1. The molecular formula is C38H64N6O12. The second-order valence-electron chi connectivity index (χ2n) is 13.9. The Bertz CT molecular complexity index is 1230. The van der Waals surface area contributed by atoms with Crippen LogP contribution in [0.1, 0.15) is 91.9 Å². The van der Waals surface area contributed by atoms with Gasteiger partial charge in [-0.05, 0) is 39.5 Å². The van der Waals surface area contributed by atoms with Crippen LogP contribution in [-0.4, -0.2) is 159 Å². The number of nitrogens with zero attached hydrogens (tertiary/aromatic N) is 4. The SMILES string of the molecule is CCN(CC)C(=O)OCCOCCOCCOC(=O)N(CCNC(=O)CCCCCN1C(=O)CC(C)C1=O)CCNC(=O)CCCCCN1C(=O)CC(C)C1=O. The minimum Gasteiger partial charge on any atom is -0.447 e. The highest BCUT2D eigenvalue weighted by Crippen LogP contribution is 2.20. The lowest BCUT2D eigenvalue weighted by Gasteiger charge is -2.22. The van der Waals surface area contributed by atoms with Crippen LogP contribution in [0.25, 0.3) is 0 Å². The van der Waals surface area contributed by atoms with Gasteiger partial charge in [0.25, 0.3) is 0 Å². The largest absolute Gasteiger partial charge is 0.447 e. The maximum absolute atomic E-state index is 12.9. The highest BCUT2D eigenvalue weighted by Gasteiger charge is 2.35. The number of unbranched alkanes of at least 4 members (excludes halogenated alkanes) is 4. The summed E-state index contributed by atoms with van der Waals surface area (Å²) in [6, 6.07) is 0. The molecule has 0 aliphatic carbocycles. The number of hydrogen-bond donors (Lipinski definition) is 2. The molecule has 2 rings (SSSR count). The van der Waals surface area contributed by atoms with E-state index >= 15 is 0 Å². The molecule has 2 atom stereocenters. The fourth-order valence-corrected chi connectivity index (χ4v) is 6.12. The molecule has 2 heterocycles. The molecule has 318 valence electrons. The van der Waals surface area contributed by atoms with Crippen LogP contribution in [0.15, 0.2) is 0 Å². The first-order chi connectivity index (χ1) is 26.9. The van der Waals surface area contributed by atoms with Gasteiger partial charge in [-0.15, -0.1) is 0 Å². The molecule has 2 aliphatic rings. The molecule has 56 heavy (non-hydrogen) atoms.